The molecule has 0 saturated heterocycles. The van der Waals surface area contributed by atoms with E-state index < -0.39 is 5.91 Å². The number of amides is 2. The van der Waals surface area contributed by atoms with E-state index in [0.29, 0.717) is 6.54 Å². The second-order valence-electron chi connectivity index (χ2n) is 4.70. The third-order valence-corrected chi connectivity index (χ3v) is 3.05. The minimum Gasteiger partial charge on any atom is -0.369 e. The summed E-state index contributed by atoms with van der Waals surface area (Å²) in [4.78, 5) is 24.5. The molecular weight excluding hydrogens is 324 g/mol. The fourth-order valence-electron chi connectivity index (χ4n) is 1.56. The van der Waals surface area contributed by atoms with Gasteiger partial charge in [0.2, 0.25) is 11.8 Å². The molecule has 0 heterocycles. The molecule has 0 bridgehead atoms. The number of halogens is 1. The van der Waals surface area contributed by atoms with Gasteiger partial charge < -0.3 is 15.4 Å². The minimum atomic E-state index is -0.542. The average Bonchev–Trinajstić information content (AvgIpc) is 2.37. The zero-order valence-electron chi connectivity index (χ0n) is 11.6. The Bertz CT molecular complexity index is 460. The Kier molecular flexibility index (Phi) is 6.67. The molecule has 20 heavy (non-hydrogen) atoms. The normalized spacial score (nSPS) is 10.6. The summed E-state index contributed by atoms with van der Waals surface area (Å²) >= 11 is 3.35. The molecule has 0 fully saturated rings. The highest BCUT2D eigenvalue weighted by Crippen LogP contribution is 2.12. The second-order valence-corrected chi connectivity index (χ2v) is 5.62. The van der Waals surface area contributed by atoms with E-state index in [4.69, 9.17) is 10.5 Å². The maximum atomic E-state index is 12.0. The van der Waals surface area contributed by atoms with Crippen molar-refractivity contribution in [3.8, 4) is 0 Å². The van der Waals surface area contributed by atoms with E-state index in [9.17, 15) is 9.59 Å². The van der Waals surface area contributed by atoms with Gasteiger partial charge in [-0.15, -0.1) is 0 Å². The average molecular weight is 343 g/mol. The van der Waals surface area contributed by atoms with Crippen LogP contribution in [0.4, 0.5) is 0 Å². The number of carbonyl (C=O) groups is 2. The number of rotatable bonds is 7. The van der Waals surface area contributed by atoms with Crippen LogP contribution in [0.5, 0.6) is 0 Å². The summed E-state index contributed by atoms with van der Waals surface area (Å²) in [6, 6.07) is 7.53. The molecule has 1 aromatic carbocycles. The molecule has 0 radical (unpaired) electrons. The van der Waals surface area contributed by atoms with Gasteiger partial charge in [0.05, 0.1) is 12.6 Å². The van der Waals surface area contributed by atoms with Crippen molar-refractivity contribution in [2.24, 2.45) is 5.73 Å². The summed E-state index contributed by atoms with van der Waals surface area (Å²) in [7, 11) is 0. The summed E-state index contributed by atoms with van der Waals surface area (Å²) in [5, 5.41) is 0. The van der Waals surface area contributed by atoms with Crippen LogP contribution in [-0.2, 0) is 20.9 Å². The van der Waals surface area contributed by atoms with Gasteiger partial charge in [-0.05, 0) is 31.5 Å². The Morgan fingerprint density at radius 2 is 1.90 bits per heavy atom. The number of hydrogen-bond acceptors (Lipinski definition) is 3. The molecule has 2 amide bonds. The summed E-state index contributed by atoms with van der Waals surface area (Å²) < 4.78 is 6.23. The predicted octanol–water partition coefficient (Wildman–Crippen LogP) is 1.69. The molecule has 0 aliphatic rings. The van der Waals surface area contributed by atoms with E-state index in [1.54, 1.807) is 0 Å². The molecule has 2 N–H and O–H groups in total. The van der Waals surface area contributed by atoms with Crippen molar-refractivity contribution in [2.45, 2.75) is 26.5 Å². The zero-order chi connectivity index (χ0) is 15.1. The van der Waals surface area contributed by atoms with Gasteiger partial charge in [0.1, 0.15) is 6.61 Å². The maximum Gasteiger partial charge on any atom is 0.249 e. The summed E-state index contributed by atoms with van der Waals surface area (Å²) in [5.41, 5.74) is 6.11. The first-order valence-electron chi connectivity index (χ1n) is 6.30. The van der Waals surface area contributed by atoms with Gasteiger partial charge in [-0.25, -0.2) is 0 Å². The first kappa shape index (κ1) is 16.7. The van der Waals surface area contributed by atoms with Crippen molar-refractivity contribution in [1.82, 2.24) is 4.90 Å². The van der Waals surface area contributed by atoms with Crippen LogP contribution in [0.1, 0.15) is 19.4 Å². The fraction of sp³-hybridized carbons (Fsp3) is 0.429. The van der Waals surface area contributed by atoms with E-state index in [1.165, 1.54) is 4.90 Å². The molecule has 0 atom stereocenters. The molecule has 0 spiro atoms. The van der Waals surface area contributed by atoms with Crippen LogP contribution in [0.3, 0.4) is 0 Å². The van der Waals surface area contributed by atoms with Crippen LogP contribution in [0.25, 0.3) is 0 Å². The van der Waals surface area contributed by atoms with Crippen molar-refractivity contribution in [3.05, 3.63) is 34.3 Å². The Morgan fingerprint density at radius 3 is 2.40 bits per heavy atom. The van der Waals surface area contributed by atoms with Crippen LogP contribution in [-0.4, -0.2) is 36.0 Å². The van der Waals surface area contributed by atoms with Crippen molar-refractivity contribution in [2.75, 3.05) is 13.2 Å². The van der Waals surface area contributed by atoms with Gasteiger partial charge in [-0.1, -0.05) is 28.1 Å². The third-order valence-electron chi connectivity index (χ3n) is 2.53. The van der Waals surface area contributed by atoms with E-state index >= 15 is 0 Å². The highest BCUT2D eigenvalue weighted by molar-refractivity contribution is 9.10. The number of hydrogen-bond donors (Lipinski definition) is 1. The van der Waals surface area contributed by atoms with Gasteiger partial charge in [-0.2, -0.15) is 0 Å². The number of nitrogens with two attached hydrogens (primary N) is 1. The fourth-order valence-corrected chi connectivity index (χ4v) is 1.82. The van der Waals surface area contributed by atoms with Crippen LogP contribution in [0, 0.1) is 0 Å². The van der Waals surface area contributed by atoms with Gasteiger partial charge in [-0.3, -0.25) is 9.59 Å². The smallest absolute Gasteiger partial charge is 0.249 e. The maximum absolute atomic E-state index is 12.0. The first-order chi connectivity index (χ1) is 9.38. The molecule has 0 aromatic heterocycles. The lowest BCUT2D eigenvalue weighted by molar-refractivity contribution is -0.141. The Labute approximate surface area is 127 Å². The summed E-state index contributed by atoms with van der Waals surface area (Å²) in [6.07, 6.45) is -0.0398. The van der Waals surface area contributed by atoms with E-state index in [-0.39, 0.29) is 25.2 Å². The molecule has 0 unspecified atom stereocenters. The lowest BCUT2D eigenvalue weighted by Gasteiger charge is -2.22. The van der Waals surface area contributed by atoms with Crippen molar-refractivity contribution < 1.29 is 14.3 Å². The number of ether oxygens (including phenoxy) is 1. The molecule has 110 valence electrons. The van der Waals surface area contributed by atoms with Crippen LogP contribution in [0.2, 0.25) is 0 Å². The molecule has 0 aliphatic carbocycles. The Morgan fingerprint density at radius 1 is 1.30 bits per heavy atom. The van der Waals surface area contributed by atoms with Gasteiger partial charge in [0, 0.05) is 11.0 Å². The van der Waals surface area contributed by atoms with Crippen LogP contribution >= 0.6 is 15.9 Å². The molecule has 5 nitrogen and oxygen atoms in total. The predicted molar refractivity (Wildman–Crippen MR) is 79.8 cm³/mol. The number of primary amides is 1. The molecule has 1 aromatic rings. The third kappa shape index (κ3) is 6.16. The van der Waals surface area contributed by atoms with E-state index in [2.05, 4.69) is 15.9 Å². The van der Waals surface area contributed by atoms with Gasteiger partial charge >= 0.3 is 0 Å². The van der Waals surface area contributed by atoms with Crippen molar-refractivity contribution in [1.29, 1.82) is 0 Å². The van der Waals surface area contributed by atoms with Crippen molar-refractivity contribution >= 4 is 27.7 Å². The van der Waals surface area contributed by atoms with Gasteiger partial charge in [0.15, 0.2) is 0 Å². The summed E-state index contributed by atoms with van der Waals surface area (Å²) in [6.45, 7) is 3.86. The first-order valence-corrected chi connectivity index (χ1v) is 7.10. The van der Waals surface area contributed by atoms with Crippen molar-refractivity contribution in [3.63, 3.8) is 0 Å². The topological polar surface area (TPSA) is 72.6 Å². The molecule has 0 saturated carbocycles. The molecule has 0 aliphatic heterocycles. The lowest BCUT2D eigenvalue weighted by atomic mass is 10.2. The Hall–Kier alpha value is -1.40. The number of carbonyl (C=O) groups excluding carboxylic acids is 2. The largest absolute Gasteiger partial charge is 0.369 e. The number of nitrogens with zero attached hydrogens (tertiary/aromatic N) is 1. The molecule has 6 heteroatoms. The van der Waals surface area contributed by atoms with Gasteiger partial charge in [0.25, 0.3) is 0 Å². The van der Waals surface area contributed by atoms with E-state index in [0.717, 1.165) is 10.0 Å². The highest BCUT2D eigenvalue weighted by Gasteiger charge is 2.16. The number of benzene rings is 1. The lowest BCUT2D eigenvalue weighted by Crippen LogP contribution is -2.40. The summed E-state index contributed by atoms with van der Waals surface area (Å²) in [5.74, 6) is -0.791. The van der Waals surface area contributed by atoms with Crippen LogP contribution in [0.15, 0.2) is 28.7 Å². The minimum absolute atomic E-state index is 0.0398. The standard InChI is InChI=1S/C14H19BrN2O3/c1-10(2)20-9-14(19)17(8-13(16)18)7-11-3-5-12(15)6-4-11/h3-6,10H,7-9H2,1-2H3,(H2,16,18). The van der Waals surface area contributed by atoms with Crippen LogP contribution < -0.4 is 5.73 Å². The monoisotopic (exact) mass is 342 g/mol. The van der Waals surface area contributed by atoms with E-state index in [1.807, 2.05) is 38.1 Å². The Balaban J connectivity index is 2.70. The second kappa shape index (κ2) is 8.01. The quantitative estimate of drug-likeness (QED) is 0.819. The SMILES string of the molecule is CC(C)OCC(=O)N(CC(N)=O)Cc1ccc(Br)cc1. The molecular formula is C14H19BrN2O3. The zero-order valence-corrected chi connectivity index (χ0v) is 13.2. The molecule has 1 rings (SSSR count). The highest BCUT2D eigenvalue weighted by atomic mass is 79.9.